The summed E-state index contributed by atoms with van der Waals surface area (Å²) in [5, 5.41) is 4.25. The molecule has 1 N–H and O–H groups in total. The first-order valence-electron chi connectivity index (χ1n) is 5.87. The average Bonchev–Trinajstić information content (AvgIpc) is 2.28. The van der Waals surface area contributed by atoms with Gasteiger partial charge in [-0.3, -0.25) is 0 Å². The SMILES string of the molecule is C=C(C)CCC(NCC)c1ccc(Cl)c(Br)c1. The van der Waals surface area contributed by atoms with Gasteiger partial charge in [0, 0.05) is 10.5 Å². The normalized spacial score (nSPS) is 12.5. The van der Waals surface area contributed by atoms with Crippen molar-refractivity contribution in [1.82, 2.24) is 5.32 Å². The molecule has 1 rings (SSSR count). The minimum Gasteiger partial charge on any atom is -0.310 e. The molecule has 0 fully saturated rings. The molecule has 0 saturated carbocycles. The Labute approximate surface area is 117 Å². The van der Waals surface area contributed by atoms with E-state index in [1.165, 1.54) is 11.1 Å². The number of hydrogen-bond donors (Lipinski definition) is 1. The predicted molar refractivity (Wildman–Crippen MR) is 79.6 cm³/mol. The second kappa shape index (κ2) is 7.20. The molecule has 0 radical (unpaired) electrons. The highest BCUT2D eigenvalue weighted by atomic mass is 79.9. The monoisotopic (exact) mass is 315 g/mol. The lowest BCUT2D eigenvalue weighted by molar-refractivity contribution is 0.514. The van der Waals surface area contributed by atoms with Crippen LogP contribution in [0.2, 0.25) is 5.02 Å². The van der Waals surface area contributed by atoms with Gasteiger partial charge in [0.2, 0.25) is 0 Å². The smallest absolute Gasteiger partial charge is 0.0548 e. The van der Waals surface area contributed by atoms with E-state index in [2.05, 4.69) is 53.8 Å². The molecule has 0 aromatic heterocycles. The van der Waals surface area contributed by atoms with Crippen LogP contribution in [-0.2, 0) is 0 Å². The van der Waals surface area contributed by atoms with Crippen LogP contribution in [0.3, 0.4) is 0 Å². The fraction of sp³-hybridized carbons (Fsp3) is 0.429. The Morgan fingerprint density at radius 1 is 1.53 bits per heavy atom. The zero-order valence-corrected chi connectivity index (χ0v) is 12.7. The third-order valence-corrected chi connectivity index (χ3v) is 3.87. The van der Waals surface area contributed by atoms with E-state index in [0.717, 1.165) is 28.9 Å². The summed E-state index contributed by atoms with van der Waals surface area (Å²) in [6.45, 7) is 9.11. The van der Waals surface area contributed by atoms with Gasteiger partial charge in [-0.15, -0.1) is 6.58 Å². The topological polar surface area (TPSA) is 12.0 Å². The standard InChI is InChI=1S/C14H19BrClN/c1-4-17-14(8-5-10(2)3)11-6-7-13(16)12(15)9-11/h6-7,9,14,17H,2,4-5,8H2,1,3H3. The molecule has 3 heteroatoms. The van der Waals surface area contributed by atoms with Crippen LogP contribution in [0.1, 0.15) is 38.3 Å². The summed E-state index contributed by atoms with van der Waals surface area (Å²) in [4.78, 5) is 0. The van der Waals surface area contributed by atoms with Crippen LogP contribution in [0.15, 0.2) is 34.8 Å². The lowest BCUT2D eigenvalue weighted by atomic mass is 10.00. The molecular formula is C14H19BrClN. The fourth-order valence-corrected chi connectivity index (χ4v) is 2.27. The molecule has 0 amide bonds. The molecule has 1 nitrogen and oxygen atoms in total. The molecule has 0 spiro atoms. The molecule has 1 unspecified atom stereocenters. The highest BCUT2D eigenvalue weighted by molar-refractivity contribution is 9.10. The van der Waals surface area contributed by atoms with Crippen LogP contribution in [0, 0.1) is 0 Å². The maximum Gasteiger partial charge on any atom is 0.0548 e. The summed E-state index contributed by atoms with van der Waals surface area (Å²) in [6.07, 6.45) is 2.11. The Balaban J connectivity index is 2.81. The van der Waals surface area contributed by atoms with Crippen molar-refractivity contribution in [3.63, 3.8) is 0 Å². The summed E-state index contributed by atoms with van der Waals surface area (Å²) in [5.41, 5.74) is 2.49. The third-order valence-electron chi connectivity index (χ3n) is 2.66. The van der Waals surface area contributed by atoms with E-state index in [9.17, 15) is 0 Å². The first-order valence-corrected chi connectivity index (χ1v) is 7.04. The lowest BCUT2D eigenvalue weighted by Crippen LogP contribution is -2.20. The first-order chi connectivity index (χ1) is 8.04. The number of halogens is 2. The van der Waals surface area contributed by atoms with Gasteiger partial charge in [0.05, 0.1) is 5.02 Å². The summed E-state index contributed by atoms with van der Waals surface area (Å²) in [6, 6.07) is 6.48. The lowest BCUT2D eigenvalue weighted by Gasteiger charge is -2.19. The van der Waals surface area contributed by atoms with Gasteiger partial charge in [0.15, 0.2) is 0 Å². The molecule has 0 aliphatic heterocycles. The Bertz CT molecular complexity index is 390. The highest BCUT2D eigenvalue weighted by Crippen LogP contribution is 2.28. The van der Waals surface area contributed by atoms with Crippen LogP contribution in [0.4, 0.5) is 0 Å². The second-order valence-electron chi connectivity index (χ2n) is 4.28. The Morgan fingerprint density at radius 2 is 2.24 bits per heavy atom. The maximum atomic E-state index is 6.01. The van der Waals surface area contributed by atoms with Gasteiger partial charge in [0.25, 0.3) is 0 Å². The van der Waals surface area contributed by atoms with Crippen LogP contribution < -0.4 is 5.32 Å². The van der Waals surface area contributed by atoms with Crippen LogP contribution in [0.25, 0.3) is 0 Å². The van der Waals surface area contributed by atoms with Crippen LogP contribution >= 0.6 is 27.5 Å². The van der Waals surface area contributed by atoms with Crippen molar-refractivity contribution in [2.24, 2.45) is 0 Å². The van der Waals surface area contributed by atoms with E-state index in [-0.39, 0.29) is 0 Å². The number of hydrogen-bond acceptors (Lipinski definition) is 1. The van der Waals surface area contributed by atoms with E-state index in [1.807, 2.05) is 6.07 Å². The Kier molecular flexibility index (Phi) is 6.24. The van der Waals surface area contributed by atoms with Crippen molar-refractivity contribution in [2.75, 3.05) is 6.54 Å². The number of rotatable bonds is 6. The molecule has 0 saturated heterocycles. The van der Waals surface area contributed by atoms with Crippen molar-refractivity contribution in [3.8, 4) is 0 Å². The molecule has 0 aliphatic carbocycles. The largest absolute Gasteiger partial charge is 0.310 e. The quantitative estimate of drug-likeness (QED) is 0.719. The number of nitrogens with one attached hydrogen (secondary N) is 1. The highest BCUT2D eigenvalue weighted by Gasteiger charge is 2.11. The summed E-state index contributed by atoms with van der Waals surface area (Å²) < 4.78 is 0.954. The minimum atomic E-state index is 0.366. The third kappa shape index (κ3) is 4.82. The van der Waals surface area contributed by atoms with Crippen molar-refractivity contribution in [1.29, 1.82) is 0 Å². The van der Waals surface area contributed by atoms with Crippen LogP contribution in [0.5, 0.6) is 0 Å². The molecule has 0 heterocycles. The predicted octanol–water partition coefficient (Wildman–Crippen LogP) is 5.11. The van der Waals surface area contributed by atoms with Gasteiger partial charge in [0.1, 0.15) is 0 Å². The molecule has 17 heavy (non-hydrogen) atoms. The van der Waals surface area contributed by atoms with Crippen molar-refractivity contribution in [2.45, 2.75) is 32.7 Å². The van der Waals surface area contributed by atoms with E-state index in [0.29, 0.717) is 6.04 Å². The second-order valence-corrected chi connectivity index (χ2v) is 5.54. The summed E-state index contributed by atoms with van der Waals surface area (Å²) in [7, 11) is 0. The van der Waals surface area contributed by atoms with Gasteiger partial charge < -0.3 is 5.32 Å². The first kappa shape index (κ1) is 14.7. The molecular weight excluding hydrogens is 298 g/mol. The van der Waals surface area contributed by atoms with E-state index < -0.39 is 0 Å². The van der Waals surface area contributed by atoms with E-state index in [1.54, 1.807) is 0 Å². The van der Waals surface area contributed by atoms with Crippen molar-refractivity contribution < 1.29 is 0 Å². The van der Waals surface area contributed by atoms with Gasteiger partial charge >= 0.3 is 0 Å². The zero-order valence-electron chi connectivity index (χ0n) is 10.4. The van der Waals surface area contributed by atoms with Crippen molar-refractivity contribution in [3.05, 3.63) is 45.4 Å². The minimum absolute atomic E-state index is 0.366. The fourth-order valence-electron chi connectivity index (χ4n) is 1.75. The van der Waals surface area contributed by atoms with E-state index in [4.69, 9.17) is 11.6 Å². The average molecular weight is 317 g/mol. The molecule has 0 aliphatic rings. The van der Waals surface area contributed by atoms with Gasteiger partial charge in [-0.05, 0) is 59.9 Å². The zero-order chi connectivity index (χ0) is 12.8. The number of benzene rings is 1. The van der Waals surface area contributed by atoms with Gasteiger partial charge in [-0.1, -0.05) is 30.2 Å². The maximum absolute atomic E-state index is 6.01. The molecule has 1 aromatic carbocycles. The summed E-state index contributed by atoms with van der Waals surface area (Å²) in [5.74, 6) is 0. The van der Waals surface area contributed by atoms with Gasteiger partial charge in [-0.2, -0.15) is 0 Å². The Morgan fingerprint density at radius 3 is 2.76 bits per heavy atom. The summed E-state index contributed by atoms with van der Waals surface area (Å²) >= 11 is 9.48. The molecule has 94 valence electrons. The van der Waals surface area contributed by atoms with E-state index >= 15 is 0 Å². The van der Waals surface area contributed by atoms with Gasteiger partial charge in [-0.25, -0.2) is 0 Å². The molecule has 1 aromatic rings. The molecule has 1 atom stereocenters. The molecule has 0 bridgehead atoms. The number of allylic oxidation sites excluding steroid dienone is 1. The Hall–Kier alpha value is -0.310. The van der Waals surface area contributed by atoms with Crippen molar-refractivity contribution >= 4 is 27.5 Å². The van der Waals surface area contributed by atoms with Crippen LogP contribution in [-0.4, -0.2) is 6.54 Å².